The summed E-state index contributed by atoms with van der Waals surface area (Å²) in [7, 11) is 0. The van der Waals surface area contributed by atoms with Crippen molar-refractivity contribution in [3.63, 3.8) is 0 Å². The SMILES string of the molecule is C[C@@H](CCCCNC(=O)OC(C)(C)C)NC(=O)[C@@H]1CCCC(C)(C)C1. The second kappa shape index (κ2) is 9.44. The molecule has 146 valence electrons. The molecule has 5 nitrogen and oxygen atoms in total. The molecule has 0 aromatic rings. The van der Waals surface area contributed by atoms with Crippen LogP contribution in [0.4, 0.5) is 4.79 Å². The van der Waals surface area contributed by atoms with Crippen molar-refractivity contribution in [1.29, 1.82) is 0 Å². The van der Waals surface area contributed by atoms with E-state index < -0.39 is 5.60 Å². The van der Waals surface area contributed by atoms with Gasteiger partial charge in [0.2, 0.25) is 5.91 Å². The van der Waals surface area contributed by atoms with Gasteiger partial charge in [-0.3, -0.25) is 4.79 Å². The molecule has 1 aliphatic rings. The second-order valence-electron chi connectivity index (χ2n) is 9.29. The lowest BCUT2D eigenvalue weighted by Crippen LogP contribution is -2.40. The average Bonchev–Trinajstić information content (AvgIpc) is 2.43. The van der Waals surface area contributed by atoms with Crippen LogP contribution in [0.15, 0.2) is 0 Å². The lowest BCUT2D eigenvalue weighted by atomic mass is 9.72. The largest absolute Gasteiger partial charge is 0.444 e. The Labute approximate surface area is 153 Å². The van der Waals surface area contributed by atoms with E-state index in [0.29, 0.717) is 6.54 Å². The smallest absolute Gasteiger partial charge is 0.407 e. The third-order valence-corrected chi connectivity index (χ3v) is 4.70. The van der Waals surface area contributed by atoms with Gasteiger partial charge in [-0.2, -0.15) is 0 Å². The minimum Gasteiger partial charge on any atom is -0.444 e. The van der Waals surface area contributed by atoms with Gasteiger partial charge in [0.15, 0.2) is 0 Å². The summed E-state index contributed by atoms with van der Waals surface area (Å²) < 4.78 is 5.19. The van der Waals surface area contributed by atoms with Crippen molar-refractivity contribution >= 4 is 12.0 Å². The monoisotopic (exact) mass is 354 g/mol. The van der Waals surface area contributed by atoms with Gasteiger partial charge >= 0.3 is 6.09 Å². The first-order valence-corrected chi connectivity index (χ1v) is 9.76. The second-order valence-corrected chi connectivity index (χ2v) is 9.29. The molecule has 0 bridgehead atoms. The van der Waals surface area contributed by atoms with E-state index in [4.69, 9.17) is 4.74 Å². The first kappa shape index (κ1) is 21.8. The molecule has 5 heteroatoms. The summed E-state index contributed by atoms with van der Waals surface area (Å²) in [5.74, 6) is 0.382. The van der Waals surface area contributed by atoms with E-state index in [0.717, 1.165) is 38.5 Å². The van der Waals surface area contributed by atoms with Crippen LogP contribution in [-0.2, 0) is 9.53 Å². The summed E-state index contributed by atoms with van der Waals surface area (Å²) in [5, 5.41) is 5.93. The van der Waals surface area contributed by atoms with Gasteiger partial charge in [0.05, 0.1) is 0 Å². The number of ether oxygens (including phenoxy) is 1. The summed E-state index contributed by atoms with van der Waals surface area (Å²) >= 11 is 0. The van der Waals surface area contributed by atoms with E-state index in [1.807, 2.05) is 20.8 Å². The fraction of sp³-hybridized carbons (Fsp3) is 0.900. The summed E-state index contributed by atoms with van der Waals surface area (Å²) in [5.41, 5.74) is -0.173. The molecule has 0 aliphatic heterocycles. The number of carbonyl (C=O) groups is 2. The molecule has 0 unspecified atom stereocenters. The molecule has 0 radical (unpaired) electrons. The number of nitrogens with one attached hydrogen (secondary N) is 2. The number of hydrogen-bond donors (Lipinski definition) is 2. The van der Waals surface area contributed by atoms with Crippen molar-refractivity contribution in [2.24, 2.45) is 11.3 Å². The maximum absolute atomic E-state index is 12.4. The topological polar surface area (TPSA) is 67.4 Å². The quantitative estimate of drug-likeness (QED) is 0.666. The summed E-state index contributed by atoms with van der Waals surface area (Å²) in [4.78, 5) is 24.0. The Morgan fingerprint density at radius 3 is 2.52 bits per heavy atom. The highest BCUT2D eigenvalue weighted by Gasteiger charge is 2.32. The van der Waals surface area contributed by atoms with Gasteiger partial charge in [0.1, 0.15) is 5.60 Å². The Balaban J connectivity index is 2.15. The molecular weight excluding hydrogens is 316 g/mol. The first-order chi connectivity index (χ1) is 11.5. The predicted molar refractivity (Wildman–Crippen MR) is 101 cm³/mol. The Kier molecular flexibility index (Phi) is 8.23. The van der Waals surface area contributed by atoms with Gasteiger partial charge in [0, 0.05) is 18.5 Å². The maximum atomic E-state index is 12.4. The number of amides is 2. The maximum Gasteiger partial charge on any atom is 0.407 e. The van der Waals surface area contributed by atoms with Gasteiger partial charge in [0.25, 0.3) is 0 Å². The number of carbonyl (C=O) groups excluding carboxylic acids is 2. The molecule has 1 fully saturated rings. The third-order valence-electron chi connectivity index (χ3n) is 4.70. The minimum atomic E-state index is -0.462. The Morgan fingerprint density at radius 1 is 1.24 bits per heavy atom. The molecule has 2 N–H and O–H groups in total. The zero-order valence-corrected chi connectivity index (χ0v) is 17.0. The van der Waals surface area contributed by atoms with Crippen molar-refractivity contribution in [3.05, 3.63) is 0 Å². The molecule has 1 saturated carbocycles. The fourth-order valence-corrected chi connectivity index (χ4v) is 3.43. The number of unbranched alkanes of at least 4 members (excludes halogenated alkanes) is 1. The summed E-state index contributed by atoms with van der Waals surface area (Å²) in [6.07, 6.45) is 6.79. The van der Waals surface area contributed by atoms with Gasteiger partial charge in [-0.1, -0.05) is 20.3 Å². The van der Waals surface area contributed by atoms with Crippen LogP contribution < -0.4 is 10.6 Å². The fourth-order valence-electron chi connectivity index (χ4n) is 3.43. The average molecular weight is 355 g/mol. The summed E-state index contributed by atoms with van der Waals surface area (Å²) in [6.45, 7) is 12.7. The van der Waals surface area contributed by atoms with Crippen molar-refractivity contribution in [1.82, 2.24) is 10.6 Å². The van der Waals surface area contributed by atoms with Crippen molar-refractivity contribution < 1.29 is 14.3 Å². The van der Waals surface area contributed by atoms with E-state index in [-0.39, 0.29) is 29.4 Å². The molecule has 0 aromatic heterocycles. The van der Waals surface area contributed by atoms with Crippen LogP contribution in [0.25, 0.3) is 0 Å². The lowest BCUT2D eigenvalue weighted by molar-refractivity contribution is -0.127. The Morgan fingerprint density at radius 2 is 1.92 bits per heavy atom. The van der Waals surface area contributed by atoms with E-state index in [1.165, 1.54) is 6.42 Å². The van der Waals surface area contributed by atoms with E-state index in [9.17, 15) is 9.59 Å². The van der Waals surface area contributed by atoms with E-state index >= 15 is 0 Å². The van der Waals surface area contributed by atoms with Gasteiger partial charge in [-0.25, -0.2) is 4.79 Å². The molecule has 0 spiro atoms. The first-order valence-electron chi connectivity index (χ1n) is 9.76. The Hall–Kier alpha value is -1.26. The van der Waals surface area contributed by atoms with Crippen LogP contribution in [0.3, 0.4) is 0 Å². The van der Waals surface area contributed by atoms with Gasteiger partial charge < -0.3 is 15.4 Å². The molecule has 2 amide bonds. The van der Waals surface area contributed by atoms with Crippen molar-refractivity contribution in [2.45, 2.75) is 98.1 Å². The van der Waals surface area contributed by atoms with E-state index in [2.05, 4.69) is 31.4 Å². The van der Waals surface area contributed by atoms with Gasteiger partial charge in [-0.15, -0.1) is 0 Å². The van der Waals surface area contributed by atoms with Crippen molar-refractivity contribution in [3.8, 4) is 0 Å². The summed E-state index contributed by atoms with van der Waals surface area (Å²) in [6, 6.07) is 0.180. The Bertz CT molecular complexity index is 441. The zero-order chi connectivity index (χ0) is 19.1. The molecule has 0 heterocycles. The molecule has 2 atom stereocenters. The van der Waals surface area contributed by atoms with Crippen LogP contribution in [-0.4, -0.2) is 30.2 Å². The highest BCUT2D eigenvalue weighted by molar-refractivity contribution is 5.79. The van der Waals surface area contributed by atoms with E-state index in [1.54, 1.807) is 0 Å². The molecule has 25 heavy (non-hydrogen) atoms. The number of alkyl carbamates (subject to hydrolysis) is 1. The minimum absolute atomic E-state index is 0.167. The molecule has 0 aromatic carbocycles. The predicted octanol–water partition coefficient (Wildman–Crippen LogP) is 4.40. The number of rotatable bonds is 7. The van der Waals surface area contributed by atoms with Crippen LogP contribution in [0.5, 0.6) is 0 Å². The molecule has 1 aliphatic carbocycles. The lowest BCUT2D eigenvalue weighted by Gasteiger charge is -2.34. The van der Waals surface area contributed by atoms with Crippen molar-refractivity contribution in [2.75, 3.05) is 6.54 Å². The molecule has 0 saturated heterocycles. The van der Waals surface area contributed by atoms with Gasteiger partial charge in [-0.05, 0) is 71.6 Å². The number of hydrogen-bond acceptors (Lipinski definition) is 3. The van der Waals surface area contributed by atoms with Crippen LogP contribution in [0.2, 0.25) is 0 Å². The highest BCUT2D eigenvalue weighted by atomic mass is 16.6. The van der Waals surface area contributed by atoms with Crippen LogP contribution in [0.1, 0.15) is 86.5 Å². The normalized spacial score (nSPS) is 21.3. The third kappa shape index (κ3) is 9.71. The highest BCUT2D eigenvalue weighted by Crippen LogP contribution is 2.38. The standard InChI is InChI=1S/C20H38N2O3/c1-15(10-7-8-13-21-18(24)25-19(2,3)4)22-17(23)16-11-9-12-20(5,6)14-16/h15-16H,7-14H2,1-6H3,(H,21,24)(H,22,23)/t15-,16+/m0/s1. The zero-order valence-electron chi connectivity index (χ0n) is 17.0. The molecular formula is C20H38N2O3. The molecule has 1 rings (SSSR count). The van der Waals surface area contributed by atoms with Crippen LogP contribution >= 0.6 is 0 Å². The van der Waals surface area contributed by atoms with Crippen LogP contribution in [0, 0.1) is 11.3 Å².